The molecule has 116 valence electrons. The van der Waals surface area contributed by atoms with Gasteiger partial charge in [0.25, 0.3) is 5.95 Å². The van der Waals surface area contributed by atoms with Crippen molar-refractivity contribution in [3.8, 4) is 5.69 Å². The summed E-state index contributed by atoms with van der Waals surface area (Å²) in [6.45, 7) is 1.76. The molecule has 0 saturated carbocycles. The molecule has 1 atom stereocenters. The number of rotatable bonds is 1. The summed E-state index contributed by atoms with van der Waals surface area (Å²) >= 11 is 12.1. The largest absolute Gasteiger partial charge is 0.261 e. The Balaban J connectivity index is 2.11. The lowest BCUT2D eigenvalue weighted by Crippen LogP contribution is -2.13. The number of benzene rings is 2. The van der Waals surface area contributed by atoms with Gasteiger partial charge in [0.2, 0.25) is 0 Å². The highest BCUT2D eigenvalue weighted by Crippen LogP contribution is 2.38. The number of fused-ring (bicyclic) bond motifs is 3. The van der Waals surface area contributed by atoms with Gasteiger partial charge in [0, 0.05) is 10.0 Å². The van der Waals surface area contributed by atoms with E-state index in [1.165, 1.54) is 0 Å². The van der Waals surface area contributed by atoms with Crippen molar-refractivity contribution in [1.82, 2.24) is 14.8 Å². The molecule has 23 heavy (non-hydrogen) atoms. The molecule has 1 unspecified atom stereocenters. The third-order valence-corrected chi connectivity index (χ3v) is 6.23. The minimum Gasteiger partial charge on any atom is -0.239 e. The summed E-state index contributed by atoms with van der Waals surface area (Å²) in [6, 6.07) is 12.0. The predicted octanol–water partition coefficient (Wildman–Crippen LogP) is 4.41. The van der Waals surface area contributed by atoms with Crippen LogP contribution in [0.25, 0.3) is 5.69 Å². The molecule has 4 rings (SSSR count). The number of hydrogen-bond donors (Lipinski definition) is 0. The van der Waals surface area contributed by atoms with E-state index in [-0.39, 0.29) is 0 Å². The van der Waals surface area contributed by atoms with Crippen molar-refractivity contribution in [2.24, 2.45) is 4.36 Å². The Bertz CT molecular complexity index is 1050. The van der Waals surface area contributed by atoms with Crippen molar-refractivity contribution in [1.29, 1.82) is 0 Å². The van der Waals surface area contributed by atoms with E-state index >= 15 is 0 Å². The van der Waals surface area contributed by atoms with E-state index < -0.39 is 9.73 Å². The maximum Gasteiger partial charge on any atom is 0.261 e. The van der Waals surface area contributed by atoms with Gasteiger partial charge in [0.05, 0.1) is 15.5 Å². The van der Waals surface area contributed by atoms with E-state index in [1.807, 2.05) is 0 Å². The average molecular weight is 365 g/mol. The summed E-state index contributed by atoms with van der Waals surface area (Å²) in [7, 11) is -2.91. The summed E-state index contributed by atoms with van der Waals surface area (Å²) in [5.41, 5.74) is 0.667. The maximum absolute atomic E-state index is 13.7. The number of aromatic nitrogens is 3. The summed E-state index contributed by atoms with van der Waals surface area (Å²) in [5, 5.41) is 5.37. The molecule has 2 aromatic carbocycles. The summed E-state index contributed by atoms with van der Waals surface area (Å²) in [6.07, 6.45) is 0. The topological polar surface area (TPSA) is 60.1 Å². The van der Waals surface area contributed by atoms with Crippen LogP contribution < -0.4 is 0 Å². The van der Waals surface area contributed by atoms with E-state index in [0.717, 1.165) is 0 Å². The van der Waals surface area contributed by atoms with Gasteiger partial charge in [-0.05, 0) is 49.4 Å². The van der Waals surface area contributed by atoms with Gasteiger partial charge in [-0.25, -0.2) is 4.21 Å². The Hall–Kier alpha value is -1.89. The number of nitrogens with zero attached hydrogens (tertiary/aromatic N) is 4. The van der Waals surface area contributed by atoms with E-state index in [9.17, 15) is 4.21 Å². The number of hydrogen-bond acceptors (Lipinski definition) is 4. The zero-order valence-corrected chi connectivity index (χ0v) is 14.2. The fourth-order valence-corrected chi connectivity index (χ4v) is 4.87. The molecule has 8 heteroatoms. The Kier molecular flexibility index (Phi) is 3.23. The molecule has 1 aliphatic heterocycles. The third-order valence-electron chi connectivity index (χ3n) is 3.49. The molecule has 0 bridgehead atoms. The smallest absolute Gasteiger partial charge is 0.239 e. The van der Waals surface area contributed by atoms with Crippen LogP contribution in [0, 0.1) is 6.92 Å². The molecule has 0 saturated heterocycles. The predicted molar refractivity (Wildman–Crippen MR) is 89.3 cm³/mol. The van der Waals surface area contributed by atoms with Gasteiger partial charge < -0.3 is 0 Å². The standard InChI is InChI=1S/C15H10Cl2N4OS/c1-9-18-15-20-23(22,12-5-2-10(16)3-6-12)14-8-11(17)4-7-13(14)21(15)19-9/h2-8H,1H3. The molecule has 2 heterocycles. The molecule has 3 aromatic rings. The quantitative estimate of drug-likeness (QED) is 0.502. The van der Waals surface area contributed by atoms with E-state index in [0.29, 0.717) is 37.3 Å². The van der Waals surface area contributed by atoms with Gasteiger partial charge in [0.1, 0.15) is 15.6 Å². The van der Waals surface area contributed by atoms with Crippen LogP contribution in [0.15, 0.2) is 56.6 Å². The Morgan fingerprint density at radius 3 is 2.48 bits per heavy atom. The lowest BCUT2D eigenvalue weighted by molar-refractivity contribution is 0.672. The average Bonchev–Trinajstić information content (AvgIpc) is 2.88. The van der Waals surface area contributed by atoms with E-state index in [1.54, 1.807) is 54.1 Å². The van der Waals surface area contributed by atoms with Crippen molar-refractivity contribution in [3.05, 3.63) is 58.3 Å². The molecule has 0 spiro atoms. The van der Waals surface area contributed by atoms with Crippen LogP contribution in [0.2, 0.25) is 10.0 Å². The van der Waals surface area contributed by atoms with Crippen molar-refractivity contribution in [2.45, 2.75) is 16.7 Å². The molecular weight excluding hydrogens is 355 g/mol. The molecule has 0 N–H and O–H groups in total. The van der Waals surface area contributed by atoms with Crippen LogP contribution in [0.4, 0.5) is 5.95 Å². The lowest BCUT2D eigenvalue weighted by atomic mass is 10.3. The summed E-state index contributed by atoms with van der Waals surface area (Å²) in [4.78, 5) is 5.33. The Labute approximate surface area is 143 Å². The molecule has 5 nitrogen and oxygen atoms in total. The summed E-state index contributed by atoms with van der Waals surface area (Å²) in [5.74, 6) is 0.877. The molecule has 0 aliphatic carbocycles. The van der Waals surface area contributed by atoms with Gasteiger partial charge >= 0.3 is 0 Å². The van der Waals surface area contributed by atoms with Gasteiger partial charge in [-0.3, -0.25) is 0 Å². The molecular formula is C15H10Cl2N4OS. The number of halogens is 2. The first-order valence-corrected chi connectivity index (χ1v) is 9.01. The second kappa shape index (κ2) is 5.06. The lowest BCUT2D eigenvalue weighted by Gasteiger charge is -2.19. The van der Waals surface area contributed by atoms with Gasteiger partial charge in [-0.15, -0.1) is 5.10 Å². The van der Waals surface area contributed by atoms with Crippen molar-refractivity contribution < 1.29 is 4.21 Å². The van der Waals surface area contributed by atoms with E-state index in [2.05, 4.69) is 14.4 Å². The number of aryl methyl sites for hydroxylation is 1. The highest BCUT2D eigenvalue weighted by molar-refractivity contribution is 7.94. The SMILES string of the molecule is Cc1nc2n(n1)-c1ccc(Cl)cc1S(=O)(c1ccc(Cl)cc1)=N2. The van der Waals surface area contributed by atoms with Crippen molar-refractivity contribution in [2.75, 3.05) is 0 Å². The van der Waals surface area contributed by atoms with Crippen LogP contribution in [-0.2, 0) is 9.73 Å². The minimum absolute atomic E-state index is 0.317. The van der Waals surface area contributed by atoms with Gasteiger partial charge in [0.15, 0.2) is 0 Å². The highest BCUT2D eigenvalue weighted by atomic mass is 35.5. The third kappa shape index (κ3) is 2.25. The fraction of sp³-hybridized carbons (Fsp3) is 0.0667. The molecule has 1 aliphatic rings. The zero-order valence-electron chi connectivity index (χ0n) is 11.9. The van der Waals surface area contributed by atoms with Crippen molar-refractivity contribution in [3.63, 3.8) is 0 Å². The molecule has 1 aromatic heterocycles. The second-order valence-corrected chi connectivity index (χ2v) is 8.07. The second-order valence-electron chi connectivity index (χ2n) is 5.05. The Morgan fingerprint density at radius 1 is 1.04 bits per heavy atom. The summed E-state index contributed by atoms with van der Waals surface area (Å²) < 4.78 is 19.7. The van der Waals surface area contributed by atoms with Gasteiger partial charge in [-0.2, -0.15) is 14.0 Å². The maximum atomic E-state index is 13.7. The molecule has 0 radical (unpaired) electrons. The van der Waals surface area contributed by atoms with Crippen LogP contribution in [0.5, 0.6) is 0 Å². The first kappa shape index (κ1) is 14.7. The van der Waals surface area contributed by atoms with Crippen LogP contribution in [0.3, 0.4) is 0 Å². The van der Waals surface area contributed by atoms with Gasteiger partial charge in [-0.1, -0.05) is 23.2 Å². The van der Waals surface area contributed by atoms with Crippen LogP contribution in [0.1, 0.15) is 5.82 Å². The molecule has 0 amide bonds. The van der Waals surface area contributed by atoms with Crippen molar-refractivity contribution >= 4 is 38.9 Å². The van der Waals surface area contributed by atoms with Crippen LogP contribution in [-0.4, -0.2) is 19.0 Å². The monoisotopic (exact) mass is 364 g/mol. The molecule has 0 fully saturated rings. The highest BCUT2D eigenvalue weighted by Gasteiger charge is 2.28. The first-order valence-electron chi connectivity index (χ1n) is 6.74. The zero-order chi connectivity index (χ0) is 16.2. The van der Waals surface area contributed by atoms with E-state index in [4.69, 9.17) is 23.2 Å². The normalized spacial score (nSPS) is 18.9. The Morgan fingerprint density at radius 2 is 1.74 bits per heavy atom. The van der Waals surface area contributed by atoms with Crippen LogP contribution >= 0.6 is 23.2 Å². The minimum atomic E-state index is -2.91. The fourth-order valence-electron chi connectivity index (χ4n) is 2.47. The first-order chi connectivity index (χ1) is 11.0.